The number of benzene rings is 2. The average Bonchev–Trinajstić information content (AvgIpc) is 3.07. The molecular weight excluding hydrogens is 352 g/mol. The Morgan fingerprint density at radius 2 is 1.93 bits per heavy atom. The van der Waals surface area contributed by atoms with Crippen molar-refractivity contribution in [2.45, 2.75) is 32.4 Å². The van der Waals surface area contributed by atoms with Gasteiger partial charge in [-0.25, -0.2) is 4.98 Å². The first-order valence-electron chi connectivity index (χ1n) is 8.43. The molecule has 138 valence electrons. The van der Waals surface area contributed by atoms with E-state index < -0.39 is 18.6 Å². The van der Waals surface area contributed by atoms with Crippen LogP contribution in [0.15, 0.2) is 48.5 Å². The lowest BCUT2D eigenvalue weighted by atomic mass is 10.1. The van der Waals surface area contributed by atoms with E-state index in [0.717, 1.165) is 10.1 Å². The molecule has 0 aliphatic carbocycles. The molecule has 3 aromatic rings. The summed E-state index contributed by atoms with van der Waals surface area (Å²) in [7, 11) is 0. The third-order valence-electron chi connectivity index (χ3n) is 4.19. The van der Waals surface area contributed by atoms with Crippen molar-refractivity contribution in [3.8, 4) is 6.07 Å². The van der Waals surface area contributed by atoms with Gasteiger partial charge >= 0.3 is 12.5 Å². The number of carbonyl (C=O) groups excluding carboxylic acids is 1. The standard InChI is InChI=1S/C20H17F2N3O2/c1-13(19-24-16-4-2-3-5-17(16)25(19)20(21)22)27-18(26)11-10-14-6-8-15(12-23)9-7-14/h2-9,13,20H,10-11H2,1H3. The molecule has 1 aromatic heterocycles. The van der Waals surface area contributed by atoms with E-state index in [0.29, 0.717) is 23.0 Å². The maximum atomic E-state index is 13.5. The van der Waals surface area contributed by atoms with Gasteiger partial charge in [0.25, 0.3) is 0 Å². The Labute approximate surface area is 154 Å². The van der Waals surface area contributed by atoms with Gasteiger partial charge in [0.05, 0.1) is 22.7 Å². The normalized spacial score (nSPS) is 12.1. The molecule has 0 aliphatic rings. The fourth-order valence-corrected chi connectivity index (χ4v) is 2.86. The molecule has 0 saturated carbocycles. The van der Waals surface area contributed by atoms with Crippen LogP contribution in [-0.2, 0) is 16.0 Å². The summed E-state index contributed by atoms with van der Waals surface area (Å²) in [5.41, 5.74) is 2.15. The number of nitriles is 1. The Morgan fingerprint density at radius 3 is 2.59 bits per heavy atom. The van der Waals surface area contributed by atoms with Gasteiger partial charge in [-0.3, -0.25) is 9.36 Å². The fraction of sp³-hybridized carbons (Fsp3) is 0.250. The zero-order valence-corrected chi connectivity index (χ0v) is 14.6. The van der Waals surface area contributed by atoms with Crippen LogP contribution in [0.25, 0.3) is 11.0 Å². The van der Waals surface area contributed by atoms with Gasteiger partial charge in [-0.15, -0.1) is 0 Å². The molecular formula is C20H17F2N3O2. The van der Waals surface area contributed by atoms with Crippen molar-refractivity contribution < 1.29 is 18.3 Å². The van der Waals surface area contributed by atoms with Crippen molar-refractivity contribution in [1.82, 2.24) is 9.55 Å². The van der Waals surface area contributed by atoms with Gasteiger partial charge in [-0.2, -0.15) is 14.0 Å². The molecule has 1 heterocycles. The number of rotatable bonds is 6. The smallest absolute Gasteiger partial charge is 0.320 e. The predicted molar refractivity (Wildman–Crippen MR) is 95.0 cm³/mol. The van der Waals surface area contributed by atoms with Crippen molar-refractivity contribution in [2.24, 2.45) is 0 Å². The Kier molecular flexibility index (Phi) is 5.46. The zero-order valence-electron chi connectivity index (χ0n) is 14.6. The number of hydrogen-bond acceptors (Lipinski definition) is 4. The second-order valence-corrected chi connectivity index (χ2v) is 6.05. The van der Waals surface area contributed by atoms with Crippen LogP contribution in [0.2, 0.25) is 0 Å². The Bertz CT molecular complexity index is 991. The first-order chi connectivity index (χ1) is 13.0. The van der Waals surface area contributed by atoms with Crippen LogP contribution in [0.3, 0.4) is 0 Å². The maximum Gasteiger partial charge on any atom is 0.320 e. The predicted octanol–water partition coefficient (Wildman–Crippen LogP) is 4.54. The number of ether oxygens (including phenoxy) is 1. The van der Waals surface area contributed by atoms with E-state index in [1.807, 2.05) is 6.07 Å². The van der Waals surface area contributed by atoms with Crippen LogP contribution in [0, 0.1) is 11.3 Å². The molecule has 2 aromatic carbocycles. The third-order valence-corrected chi connectivity index (χ3v) is 4.19. The highest BCUT2D eigenvalue weighted by atomic mass is 19.3. The SMILES string of the molecule is CC(OC(=O)CCc1ccc(C#N)cc1)c1nc2ccccc2n1C(F)F. The number of halogens is 2. The summed E-state index contributed by atoms with van der Waals surface area (Å²) in [6.45, 7) is -1.26. The molecule has 1 unspecified atom stereocenters. The molecule has 3 rings (SSSR count). The molecule has 27 heavy (non-hydrogen) atoms. The highest BCUT2D eigenvalue weighted by Crippen LogP contribution is 2.28. The molecule has 0 saturated heterocycles. The number of nitrogens with zero attached hydrogens (tertiary/aromatic N) is 3. The maximum absolute atomic E-state index is 13.5. The largest absolute Gasteiger partial charge is 0.454 e. The lowest BCUT2D eigenvalue weighted by molar-refractivity contribution is -0.149. The second kappa shape index (κ2) is 7.96. The van der Waals surface area contributed by atoms with Crippen molar-refractivity contribution >= 4 is 17.0 Å². The van der Waals surface area contributed by atoms with Gasteiger partial charge in [-0.1, -0.05) is 24.3 Å². The minimum absolute atomic E-state index is 0.0120. The summed E-state index contributed by atoms with van der Waals surface area (Å²) < 4.78 is 33.1. The van der Waals surface area contributed by atoms with E-state index in [-0.39, 0.29) is 12.2 Å². The highest BCUT2D eigenvalue weighted by Gasteiger charge is 2.24. The Morgan fingerprint density at radius 1 is 1.22 bits per heavy atom. The Balaban J connectivity index is 1.68. The molecule has 1 atom stereocenters. The van der Waals surface area contributed by atoms with E-state index in [1.165, 1.54) is 6.92 Å². The first-order valence-corrected chi connectivity index (χ1v) is 8.43. The van der Waals surface area contributed by atoms with Gasteiger partial charge in [0.15, 0.2) is 11.9 Å². The number of aromatic nitrogens is 2. The number of aryl methyl sites for hydroxylation is 1. The van der Waals surface area contributed by atoms with E-state index in [4.69, 9.17) is 10.00 Å². The summed E-state index contributed by atoms with van der Waals surface area (Å²) >= 11 is 0. The van der Waals surface area contributed by atoms with Gasteiger partial charge in [0.2, 0.25) is 0 Å². The van der Waals surface area contributed by atoms with Crippen molar-refractivity contribution in [3.63, 3.8) is 0 Å². The van der Waals surface area contributed by atoms with Gasteiger partial charge < -0.3 is 4.74 Å². The molecule has 5 nitrogen and oxygen atoms in total. The molecule has 0 amide bonds. The number of esters is 1. The number of carbonyl (C=O) groups is 1. The number of para-hydroxylation sites is 2. The molecule has 0 fully saturated rings. The summed E-state index contributed by atoms with van der Waals surface area (Å²) in [4.78, 5) is 16.3. The topological polar surface area (TPSA) is 67.9 Å². The number of hydrogen-bond donors (Lipinski definition) is 0. The quantitative estimate of drug-likeness (QED) is 0.598. The van der Waals surface area contributed by atoms with Crippen molar-refractivity contribution in [3.05, 3.63) is 65.5 Å². The van der Waals surface area contributed by atoms with E-state index >= 15 is 0 Å². The van der Waals surface area contributed by atoms with E-state index in [9.17, 15) is 13.6 Å². The molecule has 0 radical (unpaired) electrons. The number of imidazole rings is 1. The zero-order chi connectivity index (χ0) is 19.4. The molecule has 0 spiro atoms. The summed E-state index contributed by atoms with van der Waals surface area (Å²) in [5.74, 6) is -0.488. The molecule has 0 aliphatic heterocycles. The molecule has 0 bridgehead atoms. The summed E-state index contributed by atoms with van der Waals surface area (Å²) in [6, 6.07) is 15.5. The second-order valence-electron chi connectivity index (χ2n) is 6.05. The van der Waals surface area contributed by atoms with E-state index in [1.54, 1.807) is 48.5 Å². The Hall–Kier alpha value is -3.27. The summed E-state index contributed by atoms with van der Waals surface area (Å²) in [5, 5.41) is 8.78. The highest BCUT2D eigenvalue weighted by molar-refractivity contribution is 5.76. The van der Waals surface area contributed by atoms with Gasteiger partial charge in [-0.05, 0) is 43.2 Å². The van der Waals surface area contributed by atoms with Crippen LogP contribution in [0.1, 0.15) is 42.9 Å². The lowest BCUT2D eigenvalue weighted by Crippen LogP contribution is -2.15. The average molecular weight is 369 g/mol. The summed E-state index contributed by atoms with van der Waals surface area (Å²) in [6.07, 6.45) is -0.368. The fourth-order valence-electron chi connectivity index (χ4n) is 2.86. The number of fused-ring (bicyclic) bond motifs is 1. The van der Waals surface area contributed by atoms with Crippen LogP contribution in [-0.4, -0.2) is 15.5 Å². The van der Waals surface area contributed by atoms with Gasteiger partial charge in [0, 0.05) is 6.42 Å². The molecule has 7 heteroatoms. The molecule has 0 N–H and O–H groups in total. The van der Waals surface area contributed by atoms with Crippen LogP contribution < -0.4 is 0 Å². The monoisotopic (exact) mass is 369 g/mol. The van der Waals surface area contributed by atoms with Gasteiger partial charge in [0.1, 0.15) is 0 Å². The van der Waals surface area contributed by atoms with Crippen LogP contribution in [0.4, 0.5) is 8.78 Å². The lowest BCUT2D eigenvalue weighted by Gasteiger charge is -2.15. The third kappa shape index (κ3) is 4.11. The van der Waals surface area contributed by atoms with Crippen molar-refractivity contribution in [2.75, 3.05) is 0 Å². The van der Waals surface area contributed by atoms with E-state index in [2.05, 4.69) is 4.98 Å². The minimum Gasteiger partial charge on any atom is -0.454 e. The van der Waals surface area contributed by atoms with Crippen molar-refractivity contribution in [1.29, 1.82) is 5.26 Å². The first kappa shape index (κ1) is 18.5. The minimum atomic E-state index is -2.78. The van der Waals surface area contributed by atoms with Crippen LogP contribution >= 0.6 is 0 Å². The van der Waals surface area contributed by atoms with Crippen LogP contribution in [0.5, 0.6) is 0 Å². The number of alkyl halides is 2.